The summed E-state index contributed by atoms with van der Waals surface area (Å²) in [7, 11) is 0. The second kappa shape index (κ2) is 14.8. The molecular formula is C25H38O5. The fraction of sp³-hybridized carbons (Fsp3) is 0.600. The van der Waals surface area contributed by atoms with Gasteiger partial charge in [-0.25, -0.2) is 9.59 Å². The first kappa shape index (κ1) is 25.9. The molecule has 5 heteroatoms. The standard InChI is InChI=1S/C17H32O.C8H6O4/c1-2-17(18)15-13-11-9-7-5-3-4-6-8-10-12-14-16-17;9-7(10)5-2-1-3-6(4-5)8(11)12/h2,18H,1,3-16H2;1-4H,(H,9,10)(H,11,12). The van der Waals surface area contributed by atoms with Crippen molar-refractivity contribution >= 4 is 11.9 Å². The van der Waals surface area contributed by atoms with Crippen molar-refractivity contribution in [1.29, 1.82) is 0 Å². The third kappa shape index (κ3) is 11.1. The first-order valence-electron chi connectivity index (χ1n) is 11.3. The average Bonchev–Trinajstić information content (AvgIpc) is 2.75. The van der Waals surface area contributed by atoms with Crippen LogP contribution in [0.1, 0.15) is 111 Å². The Balaban J connectivity index is 0.000000325. The highest BCUT2D eigenvalue weighted by Crippen LogP contribution is 2.25. The molecule has 1 saturated carbocycles. The zero-order chi connectivity index (χ0) is 22.2. The van der Waals surface area contributed by atoms with Crippen LogP contribution >= 0.6 is 0 Å². The molecule has 0 radical (unpaired) electrons. The summed E-state index contributed by atoms with van der Waals surface area (Å²) in [6.45, 7) is 3.82. The highest BCUT2D eigenvalue weighted by molar-refractivity contribution is 5.93. The van der Waals surface area contributed by atoms with E-state index in [1.165, 1.54) is 82.4 Å². The van der Waals surface area contributed by atoms with E-state index in [1.807, 2.05) is 0 Å². The maximum absolute atomic E-state index is 10.4. The number of carboxylic acid groups (broad SMARTS) is 2. The first-order chi connectivity index (χ1) is 14.4. The number of aliphatic hydroxyl groups is 1. The van der Waals surface area contributed by atoms with Crippen LogP contribution in [0, 0.1) is 0 Å². The molecule has 168 valence electrons. The van der Waals surface area contributed by atoms with E-state index in [2.05, 4.69) is 6.58 Å². The van der Waals surface area contributed by atoms with Crippen molar-refractivity contribution in [2.45, 2.75) is 95.5 Å². The summed E-state index contributed by atoms with van der Waals surface area (Å²) < 4.78 is 0. The van der Waals surface area contributed by atoms with Gasteiger partial charge in [0.2, 0.25) is 0 Å². The molecule has 0 heterocycles. The Morgan fingerprint density at radius 2 is 1.07 bits per heavy atom. The van der Waals surface area contributed by atoms with Crippen LogP contribution in [0.4, 0.5) is 0 Å². The Morgan fingerprint density at radius 3 is 1.37 bits per heavy atom. The van der Waals surface area contributed by atoms with E-state index in [0.717, 1.165) is 31.7 Å². The van der Waals surface area contributed by atoms with Crippen molar-refractivity contribution in [2.24, 2.45) is 0 Å². The first-order valence-corrected chi connectivity index (χ1v) is 11.3. The normalized spacial score (nSPS) is 18.6. The summed E-state index contributed by atoms with van der Waals surface area (Å²) >= 11 is 0. The number of carboxylic acids is 2. The number of benzene rings is 1. The number of rotatable bonds is 3. The van der Waals surface area contributed by atoms with E-state index in [-0.39, 0.29) is 11.1 Å². The molecule has 0 spiro atoms. The summed E-state index contributed by atoms with van der Waals surface area (Å²) in [6.07, 6.45) is 19.6. The van der Waals surface area contributed by atoms with E-state index in [0.29, 0.717) is 0 Å². The molecule has 3 N–H and O–H groups in total. The molecule has 0 aromatic heterocycles. The molecule has 0 aliphatic heterocycles. The van der Waals surface area contributed by atoms with Gasteiger partial charge < -0.3 is 15.3 Å². The highest BCUT2D eigenvalue weighted by atomic mass is 16.4. The molecule has 0 saturated heterocycles. The van der Waals surface area contributed by atoms with Crippen LogP contribution in [0.3, 0.4) is 0 Å². The van der Waals surface area contributed by atoms with Crippen LogP contribution in [0.15, 0.2) is 36.9 Å². The molecule has 0 atom stereocenters. The van der Waals surface area contributed by atoms with Gasteiger partial charge in [-0.15, -0.1) is 6.58 Å². The number of aromatic carboxylic acids is 2. The average molecular weight is 419 g/mol. The van der Waals surface area contributed by atoms with Crippen molar-refractivity contribution in [3.05, 3.63) is 48.0 Å². The Hall–Kier alpha value is -2.14. The van der Waals surface area contributed by atoms with Gasteiger partial charge in [0.15, 0.2) is 0 Å². The maximum Gasteiger partial charge on any atom is 0.335 e. The Labute approximate surface area is 180 Å². The largest absolute Gasteiger partial charge is 0.478 e. The Bertz CT molecular complexity index is 607. The lowest BCUT2D eigenvalue weighted by molar-refractivity contribution is 0.0664. The molecule has 1 aromatic rings. The number of hydrogen-bond donors (Lipinski definition) is 3. The lowest BCUT2D eigenvalue weighted by atomic mass is 9.90. The molecule has 1 fully saturated rings. The predicted octanol–water partition coefficient (Wildman–Crippen LogP) is 6.46. The van der Waals surface area contributed by atoms with Crippen LogP contribution in [-0.4, -0.2) is 32.9 Å². The van der Waals surface area contributed by atoms with Gasteiger partial charge in [0.05, 0.1) is 16.7 Å². The maximum atomic E-state index is 10.4. The third-order valence-electron chi connectivity index (χ3n) is 5.71. The van der Waals surface area contributed by atoms with Crippen LogP contribution < -0.4 is 0 Å². The van der Waals surface area contributed by atoms with Gasteiger partial charge in [0.25, 0.3) is 0 Å². The van der Waals surface area contributed by atoms with Crippen molar-refractivity contribution in [2.75, 3.05) is 0 Å². The van der Waals surface area contributed by atoms with Crippen LogP contribution in [0.5, 0.6) is 0 Å². The van der Waals surface area contributed by atoms with Crippen LogP contribution in [0.2, 0.25) is 0 Å². The van der Waals surface area contributed by atoms with Crippen molar-refractivity contribution in [3.63, 3.8) is 0 Å². The fourth-order valence-corrected chi connectivity index (χ4v) is 3.74. The summed E-state index contributed by atoms with van der Waals surface area (Å²) in [4.78, 5) is 20.8. The Morgan fingerprint density at radius 1 is 0.733 bits per heavy atom. The molecule has 1 aliphatic rings. The Kier molecular flexibility index (Phi) is 12.8. The second-order valence-corrected chi connectivity index (χ2v) is 8.24. The third-order valence-corrected chi connectivity index (χ3v) is 5.71. The van der Waals surface area contributed by atoms with Crippen LogP contribution in [0.25, 0.3) is 0 Å². The van der Waals surface area contributed by atoms with E-state index in [1.54, 1.807) is 6.08 Å². The van der Waals surface area contributed by atoms with Gasteiger partial charge in [-0.3, -0.25) is 0 Å². The topological polar surface area (TPSA) is 94.8 Å². The minimum Gasteiger partial charge on any atom is -0.478 e. The van der Waals surface area contributed by atoms with Gasteiger partial charge in [0.1, 0.15) is 0 Å². The summed E-state index contributed by atoms with van der Waals surface area (Å²) in [6, 6.07) is 5.20. The SMILES string of the molecule is C=CC1(O)CCCCCCCCCCCCCC1.O=C(O)c1cccc(C(=O)O)c1. The van der Waals surface area contributed by atoms with E-state index < -0.39 is 17.5 Å². The lowest BCUT2D eigenvalue weighted by Gasteiger charge is -2.24. The molecule has 2 rings (SSSR count). The zero-order valence-corrected chi connectivity index (χ0v) is 18.2. The van der Waals surface area contributed by atoms with Gasteiger partial charge in [-0.1, -0.05) is 89.2 Å². The van der Waals surface area contributed by atoms with E-state index in [9.17, 15) is 14.7 Å². The highest BCUT2D eigenvalue weighted by Gasteiger charge is 2.21. The fourth-order valence-electron chi connectivity index (χ4n) is 3.74. The molecule has 1 aromatic carbocycles. The molecular weight excluding hydrogens is 380 g/mol. The van der Waals surface area contributed by atoms with Gasteiger partial charge in [-0.2, -0.15) is 0 Å². The lowest BCUT2D eigenvalue weighted by Crippen LogP contribution is -2.25. The summed E-state index contributed by atoms with van der Waals surface area (Å²) in [5.41, 5.74) is -0.620. The quantitative estimate of drug-likeness (QED) is 0.490. The molecule has 1 aliphatic carbocycles. The smallest absolute Gasteiger partial charge is 0.335 e. The number of carbonyl (C=O) groups is 2. The van der Waals surface area contributed by atoms with E-state index >= 15 is 0 Å². The van der Waals surface area contributed by atoms with Gasteiger partial charge in [-0.05, 0) is 31.0 Å². The minimum absolute atomic E-state index is 0.0186. The van der Waals surface area contributed by atoms with Crippen molar-refractivity contribution < 1.29 is 24.9 Å². The van der Waals surface area contributed by atoms with Crippen molar-refractivity contribution in [3.8, 4) is 0 Å². The summed E-state index contributed by atoms with van der Waals surface area (Å²) in [5, 5.41) is 27.4. The molecule has 30 heavy (non-hydrogen) atoms. The molecule has 0 amide bonds. The molecule has 5 nitrogen and oxygen atoms in total. The predicted molar refractivity (Wildman–Crippen MR) is 120 cm³/mol. The molecule has 0 bridgehead atoms. The number of hydrogen-bond acceptors (Lipinski definition) is 3. The summed E-state index contributed by atoms with van der Waals surface area (Å²) in [5.74, 6) is -2.25. The van der Waals surface area contributed by atoms with Gasteiger partial charge >= 0.3 is 11.9 Å². The second-order valence-electron chi connectivity index (χ2n) is 8.24. The molecule has 0 unspecified atom stereocenters. The van der Waals surface area contributed by atoms with Gasteiger partial charge in [0, 0.05) is 0 Å². The minimum atomic E-state index is -1.13. The zero-order valence-electron chi connectivity index (χ0n) is 18.2. The van der Waals surface area contributed by atoms with Crippen molar-refractivity contribution in [1.82, 2.24) is 0 Å². The monoisotopic (exact) mass is 418 g/mol. The van der Waals surface area contributed by atoms with Crippen LogP contribution in [-0.2, 0) is 0 Å². The van der Waals surface area contributed by atoms with E-state index in [4.69, 9.17) is 10.2 Å².